The predicted molar refractivity (Wildman–Crippen MR) is 60.6 cm³/mol. The van der Waals surface area contributed by atoms with Crippen molar-refractivity contribution in [1.82, 2.24) is 0 Å². The topological polar surface area (TPSA) is 115 Å². The summed E-state index contributed by atoms with van der Waals surface area (Å²) in [5.74, 6) is 2.33. The Morgan fingerprint density at radius 1 is 0.647 bits per heavy atom. The van der Waals surface area contributed by atoms with Gasteiger partial charge in [-0.25, -0.2) is 9.59 Å². The summed E-state index contributed by atoms with van der Waals surface area (Å²) in [4.78, 5) is 17.1. The minimum absolute atomic E-state index is 1.17. The molecule has 100 valence electrons. The molecule has 0 radical (unpaired) electrons. The van der Waals surface area contributed by atoms with Crippen LogP contribution in [0.5, 0.6) is 0 Å². The lowest BCUT2D eigenvalue weighted by atomic mass is 9.82. The summed E-state index contributed by atoms with van der Waals surface area (Å²) in [6, 6.07) is 0. The zero-order valence-electron chi connectivity index (χ0n) is 9.71. The molecule has 0 aromatic heterocycles. The van der Waals surface area contributed by atoms with E-state index in [9.17, 15) is 0 Å². The monoisotopic (exact) mass is 248 g/mol. The summed E-state index contributed by atoms with van der Waals surface area (Å²) in [5, 5.41) is 27.9. The Morgan fingerprint density at radius 3 is 1.18 bits per heavy atom. The third-order valence-electron chi connectivity index (χ3n) is 3.22. The van der Waals surface area contributed by atoms with Crippen molar-refractivity contribution in [3.63, 3.8) is 0 Å². The summed E-state index contributed by atoms with van der Waals surface area (Å²) in [5.41, 5.74) is 0. The van der Waals surface area contributed by atoms with Crippen molar-refractivity contribution in [2.75, 3.05) is 0 Å². The lowest BCUT2D eigenvalue weighted by Crippen LogP contribution is -2.12. The van der Waals surface area contributed by atoms with Crippen molar-refractivity contribution in [2.24, 2.45) is 11.8 Å². The van der Waals surface area contributed by atoms with E-state index in [4.69, 9.17) is 30.0 Å². The first-order valence-electron chi connectivity index (χ1n) is 5.77. The van der Waals surface area contributed by atoms with Crippen LogP contribution in [0.3, 0.4) is 0 Å². The summed E-state index contributed by atoms with van der Waals surface area (Å²) in [6.45, 7) is 0. The third-order valence-corrected chi connectivity index (χ3v) is 3.22. The molecule has 0 spiro atoms. The summed E-state index contributed by atoms with van der Waals surface area (Å²) >= 11 is 0. The van der Waals surface area contributed by atoms with Gasteiger partial charge in [0.2, 0.25) is 0 Å². The third kappa shape index (κ3) is 9.47. The van der Waals surface area contributed by atoms with Crippen LogP contribution in [-0.2, 0) is 0 Å². The van der Waals surface area contributed by atoms with Gasteiger partial charge in [0.05, 0.1) is 0 Å². The van der Waals surface area contributed by atoms with E-state index in [0.717, 1.165) is 0 Å². The maximum absolute atomic E-state index is 8.56. The molecule has 2 fully saturated rings. The molecule has 2 saturated carbocycles. The van der Waals surface area contributed by atoms with E-state index < -0.39 is 12.3 Å². The molecular weight excluding hydrogens is 228 g/mol. The Kier molecular flexibility index (Phi) is 7.92. The normalized spacial score (nSPS) is 25.4. The molecule has 0 saturated heterocycles. The highest BCUT2D eigenvalue weighted by Crippen LogP contribution is 2.41. The van der Waals surface area contributed by atoms with Crippen LogP contribution < -0.4 is 0 Å². The molecule has 17 heavy (non-hydrogen) atoms. The van der Waals surface area contributed by atoms with Gasteiger partial charge in [-0.3, -0.25) is 0 Å². The molecule has 2 aliphatic carbocycles. The van der Waals surface area contributed by atoms with Gasteiger partial charge in [0.1, 0.15) is 0 Å². The van der Waals surface area contributed by atoms with E-state index in [2.05, 4.69) is 0 Å². The fourth-order valence-electron chi connectivity index (χ4n) is 2.69. The van der Waals surface area contributed by atoms with Crippen LogP contribution in [0.25, 0.3) is 0 Å². The van der Waals surface area contributed by atoms with Gasteiger partial charge in [0.15, 0.2) is 0 Å². The number of rotatable bonds is 0. The van der Waals surface area contributed by atoms with Gasteiger partial charge in [-0.2, -0.15) is 0 Å². The van der Waals surface area contributed by atoms with E-state index in [1.807, 2.05) is 0 Å². The van der Waals surface area contributed by atoms with E-state index in [-0.39, 0.29) is 0 Å². The van der Waals surface area contributed by atoms with E-state index in [1.165, 1.54) is 31.1 Å². The first-order valence-corrected chi connectivity index (χ1v) is 5.77. The van der Waals surface area contributed by atoms with Crippen LogP contribution in [0.4, 0.5) is 9.59 Å². The molecule has 2 aliphatic rings. The fraction of sp³-hybridized carbons (Fsp3) is 0.818. The standard InChI is InChI=1S/C9H16.2CH2O3/c1-2-5-9-7-3-6-8(9)4-1;2*2-1(3)4/h8-9H,1-7H2;2*(H2,2,3,4). The van der Waals surface area contributed by atoms with Gasteiger partial charge in [-0.05, 0) is 11.8 Å². The number of fused-ring (bicyclic) bond motifs is 1. The lowest BCUT2D eigenvalue weighted by molar-refractivity contribution is 0.135. The van der Waals surface area contributed by atoms with Crippen LogP contribution in [0.15, 0.2) is 0 Å². The molecule has 2 rings (SSSR count). The fourth-order valence-corrected chi connectivity index (χ4v) is 2.69. The number of carbonyl (C=O) groups is 2. The molecule has 0 amide bonds. The molecule has 0 aromatic rings. The van der Waals surface area contributed by atoms with E-state index in [0.29, 0.717) is 0 Å². The SMILES string of the molecule is C1CCC2CCCC2C1.O=C(O)O.O=C(O)O. The van der Waals surface area contributed by atoms with Crippen molar-refractivity contribution < 1.29 is 30.0 Å². The summed E-state index contributed by atoms with van der Waals surface area (Å²) in [6.07, 6.45) is 7.17. The quantitative estimate of drug-likeness (QED) is 0.522. The predicted octanol–water partition coefficient (Wildman–Crippen LogP) is 3.42. The van der Waals surface area contributed by atoms with Crippen molar-refractivity contribution in [1.29, 1.82) is 0 Å². The molecule has 2 atom stereocenters. The lowest BCUT2D eigenvalue weighted by Gasteiger charge is -2.24. The second-order valence-corrected chi connectivity index (χ2v) is 4.30. The van der Waals surface area contributed by atoms with E-state index >= 15 is 0 Å². The first-order chi connectivity index (χ1) is 7.93. The minimum atomic E-state index is -1.83. The Morgan fingerprint density at radius 2 is 0.882 bits per heavy atom. The zero-order chi connectivity index (χ0) is 13.3. The molecule has 0 bridgehead atoms. The Bertz CT molecular complexity index is 208. The Hall–Kier alpha value is -1.46. The van der Waals surface area contributed by atoms with Gasteiger partial charge in [-0.1, -0.05) is 44.9 Å². The highest BCUT2D eigenvalue weighted by Gasteiger charge is 2.28. The summed E-state index contributed by atoms with van der Waals surface area (Å²) in [7, 11) is 0. The van der Waals surface area contributed by atoms with Crippen LogP contribution in [0, 0.1) is 11.8 Å². The largest absolute Gasteiger partial charge is 0.503 e. The van der Waals surface area contributed by atoms with Gasteiger partial charge in [0.25, 0.3) is 0 Å². The molecule has 0 aromatic carbocycles. The average molecular weight is 248 g/mol. The van der Waals surface area contributed by atoms with Crippen molar-refractivity contribution >= 4 is 12.3 Å². The highest BCUT2D eigenvalue weighted by molar-refractivity contribution is 5.53. The molecule has 4 N–H and O–H groups in total. The second kappa shape index (κ2) is 8.66. The first kappa shape index (κ1) is 15.5. The van der Waals surface area contributed by atoms with Crippen LogP contribution in [0.2, 0.25) is 0 Å². The smallest absolute Gasteiger partial charge is 0.450 e. The highest BCUT2D eigenvalue weighted by atomic mass is 16.6. The second-order valence-electron chi connectivity index (χ2n) is 4.30. The van der Waals surface area contributed by atoms with Crippen LogP contribution >= 0.6 is 0 Å². The maximum atomic E-state index is 8.56. The average Bonchev–Trinajstić information content (AvgIpc) is 2.62. The molecule has 0 heterocycles. The number of carboxylic acid groups (broad SMARTS) is 4. The van der Waals surface area contributed by atoms with Crippen molar-refractivity contribution in [3.05, 3.63) is 0 Å². The van der Waals surface area contributed by atoms with Crippen LogP contribution in [0.1, 0.15) is 44.9 Å². The molecule has 0 aliphatic heterocycles. The maximum Gasteiger partial charge on any atom is 0.503 e. The molecule has 6 nitrogen and oxygen atoms in total. The Balaban J connectivity index is 0.000000274. The molecule has 6 heteroatoms. The van der Waals surface area contributed by atoms with Crippen LogP contribution in [-0.4, -0.2) is 32.7 Å². The minimum Gasteiger partial charge on any atom is -0.450 e. The van der Waals surface area contributed by atoms with E-state index in [1.54, 1.807) is 25.7 Å². The molecular formula is C11H20O6. The van der Waals surface area contributed by atoms with Gasteiger partial charge in [-0.15, -0.1) is 0 Å². The van der Waals surface area contributed by atoms with Gasteiger partial charge in [0, 0.05) is 0 Å². The zero-order valence-corrected chi connectivity index (χ0v) is 9.71. The number of hydrogen-bond acceptors (Lipinski definition) is 2. The van der Waals surface area contributed by atoms with Crippen molar-refractivity contribution in [2.45, 2.75) is 44.9 Å². The molecule has 2 unspecified atom stereocenters. The van der Waals surface area contributed by atoms with Gasteiger partial charge < -0.3 is 20.4 Å². The number of hydrogen-bond donors (Lipinski definition) is 4. The Labute approximate surface area is 99.9 Å². The van der Waals surface area contributed by atoms with Gasteiger partial charge >= 0.3 is 12.3 Å². The van der Waals surface area contributed by atoms with Crippen molar-refractivity contribution in [3.8, 4) is 0 Å². The summed E-state index contributed by atoms with van der Waals surface area (Å²) < 4.78 is 0.